The van der Waals surface area contributed by atoms with E-state index in [2.05, 4.69) is 17.6 Å². The molecule has 0 aromatic rings. The highest BCUT2D eigenvalue weighted by Crippen LogP contribution is 2.34. The molecule has 0 aromatic carbocycles. The van der Waals surface area contributed by atoms with Gasteiger partial charge in [0.2, 0.25) is 0 Å². The fraction of sp³-hybridized carbons (Fsp3) is 0.889. The van der Waals surface area contributed by atoms with Gasteiger partial charge in [0.05, 0.1) is 12.1 Å². The average Bonchev–Trinajstić information content (AvgIpc) is 2.86. The third-order valence-electron chi connectivity index (χ3n) is 2.35. The number of unbranched alkanes of at least 4 members (excludes halogenated alkanes) is 1. The molecule has 0 aliphatic heterocycles. The molecule has 2 amide bonds. The molecule has 0 aromatic heterocycles. The lowest BCUT2D eigenvalue weighted by Crippen LogP contribution is -2.45. The molecule has 0 unspecified atom stereocenters. The molecule has 0 spiro atoms. The first-order valence-electron chi connectivity index (χ1n) is 4.89. The standard InChI is InChI=1S/C9H18N2O2/c1-2-3-6-10-8(13)11-9(7-12)4-5-9/h12H,2-7H2,1H3,(H2,10,11,13). The van der Waals surface area contributed by atoms with E-state index in [-0.39, 0.29) is 18.2 Å². The number of aliphatic hydroxyl groups is 1. The SMILES string of the molecule is CCCCNC(=O)NC1(CO)CC1. The molecular formula is C9H18N2O2. The lowest BCUT2D eigenvalue weighted by Gasteiger charge is -2.14. The molecule has 3 N–H and O–H groups in total. The molecule has 1 rings (SSSR count). The minimum absolute atomic E-state index is 0.0498. The summed E-state index contributed by atoms with van der Waals surface area (Å²) < 4.78 is 0. The van der Waals surface area contributed by atoms with Crippen LogP contribution in [0.5, 0.6) is 0 Å². The molecule has 0 heterocycles. The monoisotopic (exact) mass is 186 g/mol. The van der Waals surface area contributed by atoms with Crippen molar-refractivity contribution < 1.29 is 9.90 Å². The molecule has 1 aliphatic rings. The fourth-order valence-electron chi connectivity index (χ4n) is 1.14. The van der Waals surface area contributed by atoms with Crippen LogP contribution in [0.25, 0.3) is 0 Å². The van der Waals surface area contributed by atoms with Gasteiger partial charge in [0.1, 0.15) is 0 Å². The first kappa shape index (κ1) is 10.3. The van der Waals surface area contributed by atoms with Crippen LogP contribution >= 0.6 is 0 Å². The summed E-state index contributed by atoms with van der Waals surface area (Å²) in [7, 11) is 0. The van der Waals surface area contributed by atoms with E-state index in [1.54, 1.807) is 0 Å². The zero-order valence-electron chi connectivity index (χ0n) is 8.10. The molecule has 1 saturated carbocycles. The summed E-state index contributed by atoms with van der Waals surface area (Å²) in [6, 6.07) is -0.153. The number of amides is 2. The normalized spacial score (nSPS) is 18.0. The Bertz CT molecular complexity index is 178. The van der Waals surface area contributed by atoms with Crippen LogP contribution in [0.15, 0.2) is 0 Å². The van der Waals surface area contributed by atoms with Gasteiger partial charge in [-0.3, -0.25) is 0 Å². The molecule has 13 heavy (non-hydrogen) atoms. The van der Waals surface area contributed by atoms with Crippen LogP contribution < -0.4 is 10.6 Å². The number of rotatable bonds is 5. The molecule has 1 aliphatic carbocycles. The quantitative estimate of drug-likeness (QED) is 0.551. The summed E-state index contributed by atoms with van der Waals surface area (Å²) in [5.41, 5.74) is -0.295. The van der Waals surface area contributed by atoms with Crippen molar-refractivity contribution >= 4 is 6.03 Å². The molecule has 0 radical (unpaired) electrons. The Hall–Kier alpha value is -0.770. The fourth-order valence-corrected chi connectivity index (χ4v) is 1.14. The van der Waals surface area contributed by atoms with E-state index >= 15 is 0 Å². The Morgan fingerprint density at radius 2 is 2.23 bits per heavy atom. The second-order valence-corrected chi connectivity index (χ2v) is 3.67. The summed E-state index contributed by atoms with van der Waals surface area (Å²) >= 11 is 0. The molecule has 4 heteroatoms. The van der Waals surface area contributed by atoms with Gasteiger partial charge in [0, 0.05) is 6.54 Å². The number of hydrogen-bond acceptors (Lipinski definition) is 2. The number of hydrogen-bond donors (Lipinski definition) is 3. The van der Waals surface area contributed by atoms with E-state index < -0.39 is 0 Å². The number of carbonyl (C=O) groups is 1. The van der Waals surface area contributed by atoms with E-state index in [1.807, 2.05) is 0 Å². The van der Waals surface area contributed by atoms with Crippen molar-refractivity contribution in [1.29, 1.82) is 0 Å². The van der Waals surface area contributed by atoms with Gasteiger partial charge in [-0.15, -0.1) is 0 Å². The van der Waals surface area contributed by atoms with Crippen molar-refractivity contribution in [3.63, 3.8) is 0 Å². The van der Waals surface area contributed by atoms with Gasteiger partial charge in [-0.05, 0) is 19.3 Å². The number of aliphatic hydroxyl groups excluding tert-OH is 1. The Morgan fingerprint density at radius 3 is 2.69 bits per heavy atom. The number of urea groups is 1. The van der Waals surface area contributed by atoms with Gasteiger partial charge in [0.15, 0.2) is 0 Å². The topological polar surface area (TPSA) is 61.4 Å². The summed E-state index contributed by atoms with van der Waals surface area (Å²) in [5, 5.41) is 14.5. The molecular weight excluding hydrogens is 168 g/mol. The minimum Gasteiger partial charge on any atom is -0.394 e. The highest BCUT2D eigenvalue weighted by Gasteiger charge is 2.43. The molecule has 0 bridgehead atoms. The van der Waals surface area contributed by atoms with Crippen LogP contribution in [0.1, 0.15) is 32.6 Å². The lowest BCUT2D eigenvalue weighted by molar-refractivity contribution is 0.209. The molecule has 4 nitrogen and oxygen atoms in total. The molecule has 76 valence electrons. The summed E-state index contributed by atoms with van der Waals surface area (Å²) in [4.78, 5) is 11.2. The van der Waals surface area contributed by atoms with Crippen molar-refractivity contribution in [2.24, 2.45) is 0 Å². The van der Waals surface area contributed by atoms with E-state index in [0.29, 0.717) is 6.54 Å². The third kappa shape index (κ3) is 3.22. The third-order valence-corrected chi connectivity index (χ3v) is 2.35. The molecule has 1 fully saturated rings. The van der Waals surface area contributed by atoms with Crippen molar-refractivity contribution in [3.05, 3.63) is 0 Å². The van der Waals surface area contributed by atoms with E-state index in [9.17, 15) is 4.79 Å². The zero-order chi connectivity index (χ0) is 9.73. The zero-order valence-corrected chi connectivity index (χ0v) is 8.10. The second kappa shape index (κ2) is 4.46. The maximum absolute atomic E-state index is 11.2. The largest absolute Gasteiger partial charge is 0.394 e. The van der Waals surface area contributed by atoms with E-state index in [4.69, 9.17) is 5.11 Å². The lowest BCUT2D eigenvalue weighted by atomic mass is 10.3. The van der Waals surface area contributed by atoms with Crippen LogP contribution in [0, 0.1) is 0 Å². The maximum Gasteiger partial charge on any atom is 0.315 e. The van der Waals surface area contributed by atoms with Gasteiger partial charge in [-0.1, -0.05) is 13.3 Å². The van der Waals surface area contributed by atoms with E-state index in [1.165, 1.54) is 0 Å². The van der Waals surface area contributed by atoms with Gasteiger partial charge in [0.25, 0.3) is 0 Å². The Kier molecular flexibility index (Phi) is 3.54. The summed E-state index contributed by atoms with van der Waals surface area (Å²) in [6.07, 6.45) is 3.86. The molecule has 0 atom stereocenters. The summed E-state index contributed by atoms with van der Waals surface area (Å²) in [6.45, 7) is 2.84. The van der Waals surface area contributed by atoms with Crippen molar-refractivity contribution in [3.8, 4) is 0 Å². The Balaban J connectivity index is 2.11. The minimum atomic E-state index is -0.295. The van der Waals surface area contributed by atoms with Gasteiger partial charge in [-0.25, -0.2) is 4.79 Å². The van der Waals surface area contributed by atoms with Crippen LogP contribution in [0.2, 0.25) is 0 Å². The van der Waals surface area contributed by atoms with Crippen molar-refractivity contribution in [1.82, 2.24) is 10.6 Å². The van der Waals surface area contributed by atoms with Crippen molar-refractivity contribution in [2.45, 2.75) is 38.1 Å². The van der Waals surface area contributed by atoms with E-state index in [0.717, 1.165) is 25.7 Å². The average molecular weight is 186 g/mol. The first-order chi connectivity index (χ1) is 6.22. The van der Waals surface area contributed by atoms with Crippen LogP contribution in [-0.4, -0.2) is 29.8 Å². The van der Waals surface area contributed by atoms with Crippen molar-refractivity contribution in [2.75, 3.05) is 13.2 Å². The Morgan fingerprint density at radius 1 is 1.54 bits per heavy atom. The predicted molar refractivity (Wildman–Crippen MR) is 50.5 cm³/mol. The predicted octanol–water partition coefficient (Wildman–Crippen LogP) is 0.611. The van der Waals surface area contributed by atoms with Crippen LogP contribution in [-0.2, 0) is 0 Å². The Labute approximate surface area is 78.7 Å². The smallest absolute Gasteiger partial charge is 0.315 e. The summed E-state index contributed by atoms with van der Waals surface area (Å²) in [5.74, 6) is 0. The van der Waals surface area contributed by atoms with Gasteiger partial charge in [-0.2, -0.15) is 0 Å². The van der Waals surface area contributed by atoms with Crippen LogP contribution in [0.3, 0.4) is 0 Å². The number of carbonyl (C=O) groups excluding carboxylic acids is 1. The highest BCUT2D eigenvalue weighted by atomic mass is 16.3. The maximum atomic E-state index is 11.2. The van der Waals surface area contributed by atoms with Gasteiger partial charge >= 0.3 is 6.03 Å². The first-order valence-corrected chi connectivity index (χ1v) is 4.89. The van der Waals surface area contributed by atoms with Crippen LogP contribution in [0.4, 0.5) is 4.79 Å². The highest BCUT2D eigenvalue weighted by molar-refractivity contribution is 5.75. The number of nitrogens with one attached hydrogen (secondary N) is 2. The van der Waals surface area contributed by atoms with Gasteiger partial charge < -0.3 is 15.7 Å². The second-order valence-electron chi connectivity index (χ2n) is 3.67. The molecule has 0 saturated heterocycles.